The fraction of sp³-hybridized carbons (Fsp3) is 0.714. The average molecular weight is 399 g/mol. The van der Waals surface area contributed by atoms with E-state index in [0.29, 0.717) is 25.3 Å². The van der Waals surface area contributed by atoms with Gasteiger partial charge in [0.15, 0.2) is 0 Å². The maximum absolute atomic E-state index is 12.1. The normalized spacial score (nSPS) is 11.7. The molecule has 3 N–H and O–H groups in total. The van der Waals surface area contributed by atoms with Gasteiger partial charge in [0.1, 0.15) is 0 Å². The molecule has 0 heterocycles. The van der Waals surface area contributed by atoms with Crippen LogP contribution in [0.1, 0.15) is 77.6 Å². The third-order valence-electron chi connectivity index (χ3n) is 4.59. The molecule has 1 aromatic rings. The van der Waals surface area contributed by atoms with Crippen molar-refractivity contribution in [2.75, 3.05) is 25.5 Å². The van der Waals surface area contributed by atoms with Crippen molar-refractivity contribution >= 4 is 15.7 Å². The van der Waals surface area contributed by atoms with Gasteiger partial charge in [-0.3, -0.25) is 0 Å². The Kier molecular flexibility index (Phi) is 13.2. The number of nitrogens with two attached hydrogens (primary N) is 1. The van der Waals surface area contributed by atoms with Gasteiger partial charge < -0.3 is 10.5 Å². The van der Waals surface area contributed by atoms with Gasteiger partial charge in [-0.1, -0.05) is 64.7 Å². The summed E-state index contributed by atoms with van der Waals surface area (Å²) in [6.07, 6.45) is 13.8. The highest BCUT2D eigenvalue weighted by Gasteiger charge is 2.12. The van der Waals surface area contributed by atoms with Crippen LogP contribution < -0.4 is 10.5 Å². The number of ether oxygens (including phenoxy) is 1. The van der Waals surface area contributed by atoms with E-state index in [0.717, 1.165) is 13.0 Å². The van der Waals surface area contributed by atoms with Crippen LogP contribution in [-0.2, 0) is 14.8 Å². The molecule has 0 unspecified atom stereocenters. The van der Waals surface area contributed by atoms with Gasteiger partial charge in [0.2, 0.25) is 10.0 Å². The molecule has 0 saturated heterocycles. The summed E-state index contributed by atoms with van der Waals surface area (Å²) in [6.45, 7) is 3.98. The van der Waals surface area contributed by atoms with Gasteiger partial charge >= 0.3 is 0 Å². The highest BCUT2D eigenvalue weighted by Crippen LogP contribution is 2.12. The molecule has 6 heteroatoms. The highest BCUT2D eigenvalue weighted by molar-refractivity contribution is 7.89. The summed E-state index contributed by atoms with van der Waals surface area (Å²) >= 11 is 0. The summed E-state index contributed by atoms with van der Waals surface area (Å²) in [5.41, 5.74) is 6.12. The average Bonchev–Trinajstić information content (AvgIpc) is 2.65. The van der Waals surface area contributed by atoms with Gasteiger partial charge in [-0.15, -0.1) is 0 Å². The molecule has 0 spiro atoms. The molecule has 0 aliphatic carbocycles. The predicted molar refractivity (Wildman–Crippen MR) is 113 cm³/mol. The zero-order chi connectivity index (χ0) is 19.8. The van der Waals surface area contributed by atoms with E-state index < -0.39 is 10.0 Å². The number of hydrogen-bond donors (Lipinski definition) is 2. The maximum atomic E-state index is 12.1. The van der Waals surface area contributed by atoms with E-state index in [-0.39, 0.29) is 4.90 Å². The highest BCUT2D eigenvalue weighted by atomic mass is 32.2. The predicted octanol–water partition coefficient (Wildman–Crippen LogP) is 4.87. The second kappa shape index (κ2) is 14.9. The Labute approximate surface area is 166 Å². The molecule has 156 valence electrons. The van der Waals surface area contributed by atoms with Gasteiger partial charge in [0, 0.05) is 25.4 Å². The van der Waals surface area contributed by atoms with Gasteiger partial charge in [0.25, 0.3) is 0 Å². The second-order valence-electron chi connectivity index (χ2n) is 7.11. The lowest BCUT2D eigenvalue weighted by Gasteiger charge is -2.08. The molecule has 27 heavy (non-hydrogen) atoms. The summed E-state index contributed by atoms with van der Waals surface area (Å²) in [5.74, 6) is 0. The third-order valence-corrected chi connectivity index (χ3v) is 6.07. The minimum Gasteiger partial charge on any atom is -0.399 e. The SMILES string of the molecule is CCCCCCCCCCCCOCCCNS(=O)(=O)c1ccc(N)cc1. The first kappa shape index (κ1) is 23.9. The van der Waals surface area contributed by atoms with Crippen LogP contribution >= 0.6 is 0 Å². The standard InChI is InChI=1S/C21H38N2O3S/c1-2-3-4-5-6-7-8-9-10-11-18-26-19-12-17-23-27(24,25)21-15-13-20(22)14-16-21/h13-16,23H,2-12,17-19,22H2,1H3. The van der Waals surface area contributed by atoms with E-state index in [1.165, 1.54) is 69.9 Å². The number of sulfonamides is 1. The van der Waals surface area contributed by atoms with Crippen molar-refractivity contribution in [1.29, 1.82) is 0 Å². The molecule has 0 aliphatic rings. The molecule has 0 radical (unpaired) electrons. The van der Waals surface area contributed by atoms with Crippen molar-refractivity contribution in [3.05, 3.63) is 24.3 Å². The minimum atomic E-state index is -3.46. The number of nitrogen functional groups attached to an aromatic ring is 1. The van der Waals surface area contributed by atoms with Crippen LogP contribution in [-0.4, -0.2) is 28.2 Å². The van der Waals surface area contributed by atoms with Crippen molar-refractivity contribution in [3.8, 4) is 0 Å². The first-order valence-electron chi connectivity index (χ1n) is 10.5. The Balaban J connectivity index is 1.91. The first-order chi connectivity index (χ1) is 13.1. The first-order valence-corrected chi connectivity index (χ1v) is 12.0. The molecule has 0 saturated carbocycles. The molecular weight excluding hydrogens is 360 g/mol. The van der Waals surface area contributed by atoms with Crippen LogP contribution in [0.4, 0.5) is 5.69 Å². The monoisotopic (exact) mass is 398 g/mol. The minimum absolute atomic E-state index is 0.239. The van der Waals surface area contributed by atoms with Gasteiger partial charge in [-0.25, -0.2) is 13.1 Å². The molecule has 1 aromatic carbocycles. The van der Waals surface area contributed by atoms with Crippen LogP contribution in [0.25, 0.3) is 0 Å². The van der Waals surface area contributed by atoms with Crippen molar-refractivity contribution in [1.82, 2.24) is 4.72 Å². The van der Waals surface area contributed by atoms with E-state index >= 15 is 0 Å². The van der Waals surface area contributed by atoms with E-state index in [1.54, 1.807) is 12.1 Å². The molecule has 0 atom stereocenters. The largest absolute Gasteiger partial charge is 0.399 e. The Bertz CT molecular complexity index is 574. The van der Waals surface area contributed by atoms with Crippen molar-refractivity contribution < 1.29 is 13.2 Å². The van der Waals surface area contributed by atoms with Crippen molar-refractivity contribution in [2.24, 2.45) is 0 Å². The van der Waals surface area contributed by atoms with E-state index in [4.69, 9.17) is 10.5 Å². The number of unbranched alkanes of at least 4 members (excludes halogenated alkanes) is 9. The zero-order valence-corrected chi connectivity index (χ0v) is 17.7. The topological polar surface area (TPSA) is 81.4 Å². The Morgan fingerprint density at radius 3 is 1.93 bits per heavy atom. The fourth-order valence-corrected chi connectivity index (χ4v) is 3.98. The lowest BCUT2D eigenvalue weighted by molar-refractivity contribution is 0.128. The molecule has 0 aliphatic heterocycles. The number of nitrogens with one attached hydrogen (secondary N) is 1. The number of hydrogen-bond acceptors (Lipinski definition) is 4. The van der Waals surface area contributed by atoms with Crippen LogP contribution in [0.3, 0.4) is 0 Å². The lowest BCUT2D eigenvalue weighted by atomic mass is 10.1. The molecule has 0 aromatic heterocycles. The number of rotatable bonds is 17. The summed E-state index contributed by atoms with van der Waals surface area (Å²) in [6, 6.07) is 6.20. The second-order valence-corrected chi connectivity index (χ2v) is 8.88. The zero-order valence-electron chi connectivity index (χ0n) is 16.9. The lowest BCUT2D eigenvalue weighted by Crippen LogP contribution is -2.25. The Hall–Kier alpha value is -1.11. The van der Waals surface area contributed by atoms with Crippen LogP contribution in [0, 0.1) is 0 Å². The Morgan fingerprint density at radius 1 is 0.815 bits per heavy atom. The summed E-state index contributed by atoms with van der Waals surface area (Å²) in [4.78, 5) is 0.239. The van der Waals surface area contributed by atoms with E-state index in [2.05, 4.69) is 11.6 Å². The molecule has 1 rings (SSSR count). The van der Waals surface area contributed by atoms with Gasteiger partial charge in [-0.05, 0) is 37.1 Å². The fourth-order valence-electron chi connectivity index (χ4n) is 2.90. The van der Waals surface area contributed by atoms with Crippen LogP contribution in [0.15, 0.2) is 29.2 Å². The molecule has 5 nitrogen and oxygen atoms in total. The number of anilines is 1. The van der Waals surface area contributed by atoms with Gasteiger partial charge in [-0.2, -0.15) is 0 Å². The summed E-state index contributed by atoms with van der Waals surface area (Å²) in [7, 11) is -3.46. The van der Waals surface area contributed by atoms with Crippen molar-refractivity contribution in [2.45, 2.75) is 82.4 Å². The molecular formula is C21H38N2O3S. The van der Waals surface area contributed by atoms with Gasteiger partial charge in [0.05, 0.1) is 4.90 Å². The van der Waals surface area contributed by atoms with Crippen LogP contribution in [0.2, 0.25) is 0 Å². The number of benzene rings is 1. The van der Waals surface area contributed by atoms with Crippen LogP contribution in [0.5, 0.6) is 0 Å². The quantitative estimate of drug-likeness (QED) is 0.290. The Morgan fingerprint density at radius 2 is 1.33 bits per heavy atom. The smallest absolute Gasteiger partial charge is 0.240 e. The molecule has 0 bridgehead atoms. The molecule has 0 amide bonds. The van der Waals surface area contributed by atoms with Crippen molar-refractivity contribution in [3.63, 3.8) is 0 Å². The summed E-state index contributed by atoms with van der Waals surface area (Å²) < 4.78 is 32.3. The summed E-state index contributed by atoms with van der Waals surface area (Å²) in [5, 5.41) is 0. The third kappa shape index (κ3) is 12.1. The maximum Gasteiger partial charge on any atom is 0.240 e. The van der Waals surface area contributed by atoms with E-state index in [1.807, 2.05) is 0 Å². The molecule has 0 fully saturated rings. The van der Waals surface area contributed by atoms with E-state index in [9.17, 15) is 8.42 Å².